The fraction of sp³-hybridized carbons (Fsp3) is 0.417. The van der Waals surface area contributed by atoms with Gasteiger partial charge in [0.2, 0.25) is 0 Å². The maximum absolute atomic E-state index is 4.37. The largest absolute Gasteiger partial charge is 0.370 e. The van der Waals surface area contributed by atoms with Gasteiger partial charge in [0.1, 0.15) is 17.5 Å². The minimum atomic E-state index is 0.749. The molecule has 6 heteroatoms. The van der Waals surface area contributed by atoms with E-state index >= 15 is 0 Å². The summed E-state index contributed by atoms with van der Waals surface area (Å²) in [6, 6.07) is 1.92. The van der Waals surface area contributed by atoms with E-state index < -0.39 is 0 Å². The molecule has 0 aliphatic carbocycles. The van der Waals surface area contributed by atoms with Crippen molar-refractivity contribution in [3.63, 3.8) is 0 Å². The summed E-state index contributed by atoms with van der Waals surface area (Å²) in [5, 5.41) is 6.50. The van der Waals surface area contributed by atoms with Gasteiger partial charge in [0, 0.05) is 17.5 Å². The molecule has 0 amide bonds. The van der Waals surface area contributed by atoms with Crippen molar-refractivity contribution in [3.8, 4) is 0 Å². The molecule has 0 spiro atoms. The molecule has 18 heavy (non-hydrogen) atoms. The van der Waals surface area contributed by atoms with E-state index in [1.54, 1.807) is 11.3 Å². The molecular weight excluding hydrogens is 246 g/mol. The molecule has 0 saturated carbocycles. The second-order valence-electron chi connectivity index (χ2n) is 3.93. The van der Waals surface area contributed by atoms with Gasteiger partial charge in [-0.2, -0.15) is 0 Å². The Labute approximate surface area is 111 Å². The van der Waals surface area contributed by atoms with Crippen LogP contribution in [0.4, 0.5) is 11.6 Å². The minimum Gasteiger partial charge on any atom is -0.370 e. The van der Waals surface area contributed by atoms with Gasteiger partial charge < -0.3 is 10.6 Å². The zero-order chi connectivity index (χ0) is 13.0. The first-order valence-corrected chi connectivity index (χ1v) is 6.79. The molecule has 5 nitrogen and oxygen atoms in total. The van der Waals surface area contributed by atoms with Crippen LogP contribution >= 0.6 is 11.3 Å². The fourth-order valence-corrected chi connectivity index (χ4v) is 2.31. The Hall–Kier alpha value is -1.69. The van der Waals surface area contributed by atoms with Crippen molar-refractivity contribution in [2.75, 3.05) is 17.2 Å². The average Bonchev–Trinajstić information content (AvgIpc) is 2.72. The Kier molecular flexibility index (Phi) is 4.09. The molecule has 0 aliphatic rings. The molecule has 96 valence electrons. The lowest BCUT2D eigenvalue weighted by atomic mass is 10.4. The number of thiazole rings is 1. The molecule has 0 unspecified atom stereocenters. The zero-order valence-electron chi connectivity index (χ0n) is 10.8. The molecule has 2 N–H and O–H groups in total. The topological polar surface area (TPSA) is 62.7 Å². The van der Waals surface area contributed by atoms with Crippen LogP contribution in [0.25, 0.3) is 0 Å². The quantitative estimate of drug-likeness (QED) is 0.868. The van der Waals surface area contributed by atoms with Gasteiger partial charge in [0.05, 0.1) is 17.7 Å². The first kappa shape index (κ1) is 12.8. The van der Waals surface area contributed by atoms with E-state index in [4.69, 9.17) is 0 Å². The molecule has 0 radical (unpaired) electrons. The molecular formula is C12H17N5S. The van der Waals surface area contributed by atoms with Crippen LogP contribution in [0.1, 0.15) is 23.3 Å². The Morgan fingerprint density at radius 1 is 1.17 bits per heavy atom. The van der Waals surface area contributed by atoms with Crippen LogP contribution in [0, 0.1) is 13.8 Å². The Morgan fingerprint density at radius 2 is 1.89 bits per heavy atom. The number of aromatic nitrogens is 3. The fourth-order valence-electron chi connectivity index (χ4n) is 1.60. The Morgan fingerprint density at radius 3 is 2.50 bits per heavy atom. The summed E-state index contributed by atoms with van der Waals surface area (Å²) in [7, 11) is 0. The number of aryl methyl sites for hydroxylation is 2. The van der Waals surface area contributed by atoms with Crippen molar-refractivity contribution in [3.05, 3.63) is 28.0 Å². The van der Waals surface area contributed by atoms with Gasteiger partial charge in [-0.25, -0.2) is 15.0 Å². The molecule has 2 rings (SSSR count). The van der Waals surface area contributed by atoms with Crippen molar-refractivity contribution in [2.45, 2.75) is 27.3 Å². The number of hydrogen-bond donors (Lipinski definition) is 2. The van der Waals surface area contributed by atoms with Crippen LogP contribution < -0.4 is 10.6 Å². The third-order valence-corrected chi connectivity index (χ3v) is 3.41. The second-order valence-corrected chi connectivity index (χ2v) is 4.87. The highest BCUT2D eigenvalue weighted by molar-refractivity contribution is 7.09. The molecule has 0 bridgehead atoms. The summed E-state index contributed by atoms with van der Waals surface area (Å²) in [5.74, 6) is 2.46. The number of nitrogens with one attached hydrogen (secondary N) is 2. The summed E-state index contributed by atoms with van der Waals surface area (Å²) in [6.45, 7) is 7.56. The lowest BCUT2D eigenvalue weighted by Gasteiger charge is -2.08. The third kappa shape index (κ3) is 3.16. The molecule has 2 heterocycles. The van der Waals surface area contributed by atoms with Crippen molar-refractivity contribution in [2.24, 2.45) is 0 Å². The zero-order valence-corrected chi connectivity index (χ0v) is 11.6. The predicted octanol–water partition coefficient (Wildman–Crippen LogP) is 2.59. The first-order valence-electron chi connectivity index (χ1n) is 5.91. The summed E-state index contributed by atoms with van der Waals surface area (Å²) in [4.78, 5) is 14.1. The van der Waals surface area contributed by atoms with Gasteiger partial charge in [-0.1, -0.05) is 0 Å². The highest BCUT2D eigenvalue weighted by atomic mass is 32.1. The summed E-state index contributed by atoms with van der Waals surface area (Å²) in [5.41, 5.74) is 2.94. The highest BCUT2D eigenvalue weighted by Crippen LogP contribution is 2.16. The first-order chi connectivity index (χ1) is 8.69. The summed E-state index contributed by atoms with van der Waals surface area (Å²) >= 11 is 1.65. The molecule has 0 aromatic carbocycles. The van der Waals surface area contributed by atoms with E-state index in [1.807, 2.05) is 32.3 Å². The van der Waals surface area contributed by atoms with Gasteiger partial charge in [-0.05, 0) is 20.8 Å². The SMILES string of the molecule is CCNc1cc(NCc2scnc2C)nc(C)n1. The van der Waals surface area contributed by atoms with Crippen LogP contribution in [0.2, 0.25) is 0 Å². The molecule has 0 fully saturated rings. The Balaban J connectivity index is 2.07. The maximum Gasteiger partial charge on any atom is 0.132 e. The van der Waals surface area contributed by atoms with Crippen molar-refractivity contribution in [1.29, 1.82) is 0 Å². The third-order valence-electron chi connectivity index (χ3n) is 2.47. The van der Waals surface area contributed by atoms with Gasteiger partial charge in [-0.3, -0.25) is 0 Å². The lowest BCUT2D eigenvalue weighted by molar-refractivity contribution is 1.01. The minimum absolute atomic E-state index is 0.749. The molecule has 0 atom stereocenters. The standard InChI is InChI=1S/C12H17N5S/c1-4-13-11-5-12(17-9(3)16-11)14-6-10-8(2)15-7-18-10/h5,7H,4,6H2,1-3H3,(H2,13,14,16,17). The van der Waals surface area contributed by atoms with Gasteiger partial charge >= 0.3 is 0 Å². The molecule has 0 aliphatic heterocycles. The Bertz CT molecular complexity index is 523. The van der Waals surface area contributed by atoms with Crippen LogP contribution in [0.3, 0.4) is 0 Å². The van der Waals surface area contributed by atoms with E-state index in [-0.39, 0.29) is 0 Å². The summed E-state index contributed by atoms with van der Waals surface area (Å²) in [6.07, 6.45) is 0. The van der Waals surface area contributed by atoms with Crippen LogP contribution in [0.15, 0.2) is 11.6 Å². The summed E-state index contributed by atoms with van der Waals surface area (Å²) < 4.78 is 0. The normalized spacial score (nSPS) is 10.4. The van der Waals surface area contributed by atoms with Crippen molar-refractivity contribution < 1.29 is 0 Å². The van der Waals surface area contributed by atoms with Crippen molar-refractivity contribution >= 4 is 23.0 Å². The number of anilines is 2. The molecule has 2 aromatic rings. The number of nitrogens with zero attached hydrogens (tertiary/aromatic N) is 3. The maximum atomic E-state index is 4.37. The monoisotopic (exact) mass is 263 g/mol. The van der Waals surface area contributed by atoms with Crippen LogP contribution in [-0.2, 0) is 6.54 Å². The van der Waals surface area contributed by atoms with Crippen LogP contribution in [-0.4, -0.2) is 21.5 Å². The van der Waals surface area contributed by atoms with Gasteiger partial charge in [0.15, 0.2) is 0 Å². The van der Waals surface area contributed by atoms with Crippen molar-refractivity contribution in [1.82, 2.24) is 15.0 Å². The highest BCUT2D eigenvalue weighted by Gasteiger charge is 2.04. The van der Waals surface area contributed by atoms with E-state index in [9.17, 15) is 0 Å². The van der Waals surface area contributed by atoms with Gasteiger partial charge in [-0.15, -0.1) is 11.3 Å². The van der Waals surface area contributed by atoms with E-state index in [0.29, 0.717) is 0 Å². The molecule has 2 aromatic heterocycles. The van der Waals surface area contributed by atoms with E-state index in [0.717, 1.165) is 36.2 Å². The number of hydrogen-bond acceptors (Lipinski definition) is 6. The van der Waals surface area contributed by atoms with Crippen LogP contribution in [0.5, 0.6) is 0 Å². The van der Waals surface area contributed by atoms with Gasteiger partial charge in [0.25, 0.3) is 0 Å². The average molecular weight is 263 g/mol. The lowest BCUT2D eigenvalue weighted by Crippen LogP contribution is -2.06. The van der Waals surface area contributed by atoms with E-state index in [2.05, 4.69) is 25.6 Å². The molecule has 0 saturated heterocycles. The number of rotatable bonds is 5. The second kappa shape index (κ2) is 5.77. The predicted molar refractivity (Wildman–Crippen MR) is 75.1 cm³/mol. The van der Waals surface area contributed by atoms with E-state index in [1.165, 1.54) is 4.88 Å². The smallest absolute Gasteiger partial charge is 0.132 e.